The van der Waals surface area contributed by atoms with Crippen LogP contribution in [-0.4, -0.2) is 42.6 Å². The van der Waals surface area contributed by atoms with E-state index in [1.807, 2.05) is 24.3 Å². The van der Waals surface area contributed by atoms with Crippen LogP contribution in [-0.2, 0) is 0 Å². The number of hydrogen-bond acceptors (Lipinski definition) is 4. The molecular formula is C11H16BrNO3. The van der Waals surface area contributed by atoms with Crippen molar-refractivity contribution in [2.75, 3.05) is 26.4 Å². The molecule has 4 nitrogen and oxygen atoms in total. The number of benzene rings is 1. The highest BCUT2D eigenvalue weighted by Crippen LogP contribution is 2.15. The second-order valence-corrected chi connectivity index (χ2v) is 4.23. The molecule has 1 aromatic rings. The maximum atomic E-state index is 8.80. The standard InChI is InChI=1S/C11H16BrNO3/c12-9-1-3-11(4-2-9)16-6-5-13-10(7-14)8-15/h1-4,10,13-15H,5-8H2. The van der Waals surface area contributed by atoms with Gasteiger partial charge in [-0.05, 0) is 24.3 Å². The van der Waals surface area contributed by atoms with Crippen LogP contribution in [0.5, 0.6) is 5.75 Å². The van der Waals surface area contributed by atoms with Crippen LogP contribution in [0, 0.1) is 0 Å². The Morgan fingerprint density at radius 3 is 2.38 bits per heavy atom. The number of aliphatic hydroxyl groups excluding tert-OH is 2. The molecule has 1 rings (SSSR count). The third-order valence-corrected chi connectivity index (χ3v) is 2.59. The van der Waals surface area contributed by atoms with Gasteiger partial charge in [-0.15, -0.1) is 0 Å². The zero-order valence-electron chi connectivity index (χ0n) is 8.90. The van der Waals surface area contributed by atoms with Crippen LogP contribution in [0.2, 0.25) is 0 Å². The lowest BCUT2D eigenvalue weighted by molar-refractivity contribution is 0.166. The number of aliphatic hydroxyl groups is 2. The summed E-state index contributed by atoms with van der Waals surface area (Å²) in [7, 11) is 0. The van der Waals surface area contributed by atoms with Gasteiger partial charge in [-0.3, -0.25) is 0 Å². The molecule has 0 saturated carbocycles. The van der Waals surface area contributed by atoms with Crippen LogP contribution in [0.1, 0.15) is 0 Å². The third kappa shape index (κ3) is 4.94. The highest BCUT2D eigenvalue weighted by Gasteiger charge is 2.03. The van der Waals surface area contributed by atoms with E-state index in [4.69, 9.17) is 14.9 Å². The lowest BCUT2D eigenvalue weighted by Gasteiger charge is -2.13. The Kier molecular flexibility index (Phi) is 6.40. The van der Waals surface area contributed by atoms with Crippen LogP contribution in [0.4, 0.5) is 0 Å². The molecular weight excluding hydrogens is 274 g/mol. The first-order chi connectivity index (χ1) is 7.76. The topological polar surface area (TPSA) is 61.7 Å². The Morgan fingerprint density at radius 2 is 1.81 bits per heavy atom. The summed E-state index contributed by atoms with van der Waals surface area (Å²) in [6, 6.07) is 7.30. The van der Waals surface area contributed by atoms with Gasteiger partial charge < -0.3 is 20.3 Å². The molecule has 0 heterocycles. The fourth-order valence-electron chi connectivity index (χ4n) is 1.15. The summed E-state index contributed by atoms with van der Waals surface area (Å²) < 4.78 is 6.47. The Labute approximate surface area is 103 Å². The second-order valence-electron chi connectivity index (χ2n) is 3.32. The molecule has 90 valence electrons. The number of rotatable bonds is 7. The van der Waals surface area contributed by atoms with E-state index < -0.39 is 0 Å². The highest BCUT2D eigenvalue weighted by molar-refractivity contribution is 9.10. The Hall–Kier alpha value is -0.620. The molecule has 0 amide bonds. The first kappa shape index (κ1) is 13.4. The van der Waals surface area contributed by atoms with Crippen molar-refractivity contribution in [2.45, 2.75) is 6.04 Å². The van der Waals surface area contributed by atoms with E-state index in [2.05, 4.69) is 21.2 Å². The maximum absolute atomic E-state index is 8.80. The number of halogens is 1. The predicted octanol–water partition coefficient (Wildman–Crippen LogP) is 0.771. The smallest absolute Gasteiger partial charge is 0.119 e. The Balaban J connectivity index is 2.18. The first-order valence-corrected chi connectivity index (χ1v) is 5.89. The molecule has 0 bridgehead atoms. The molecule has 16 heavy (non-hydrogen) atoms. The van der Waals surface area contributed by atoms with E-state index in [0.717, 1.165) is 10.2 Å². The molecule has 0 radical (unpaired) electrons. The fraction of sp³-hybridized carbons (Fsp3) is 0.455. The molecule has 0 aliphatic heterocycles. The van der Waals surface area contributed by atoms with Gasteiger partial charge >= 0.3 is 0 Å². The summed E-state index contributed by atoms with van der Waals surface area (Å²) in [5, 5.41) is 20.6. The quantitative estimate of drug-likeness (QED) is 0.649. The molecule has 0 aromatic heterocycles. The van der Waals surface area contributed by atoms with E-state index in [0.29, 0.717) is 13.2 Å². The van der Waals surface area contributed by atoms with Crippen molar-refractivity contribution < 1.29 is 14.9 Å². The minimum atomic E-state index is -0.270. The molecule has 1 aromatic carbocycles. The van der Waals surface area contributed by atoms with E-state index in [1.165, 1.54) is 0 Å². The van der Waals surface area contributed by atoms with E-state index in [-0.39, 0.29) is 19.3 Å². The van der Waals surface area contributed by atoms with Gasteiger partial charge in [0, 0.05) is 11.0 Å². The third-order valence-electron chi connectivity index (χ3n) is 2.06. The van der Waals surface area contributed by atoms with Crippen LogP contribution in [0.25, 0.3) is 0 Å². The molecule has 5 heteroatoms. The van der Waals surface area contributed by atoms with Crippen molar-refractivity contribution in [1.29, 1.82) is 0 Å². The van der Waals surface area contributed by atoms with Crippen molar-refractivity contribution in [3.63, 3.8) is 0 Å². The monoisotopic (exact) mass is 289 g/mol. The van der Waals surface area contributed by atoms with Crippen LogP contribution in [0.15, 0.2) is 28.7 Å². The fourth-order valence-corrected chi connectivity index (χ4v) is 1.41. The molecule has 0 spiro atoms. The van der Waals surface area contributed by atoms with Gasteiger partial charge in [-0.25, -0.2) is 0 Å². The highest BCUT2D eigenvalue weighted by atomic mass is 79.9. The number of hydrogen-bond donors (Lipinski definition) is 3. The maximum Gasteiger partial charge on any atom is 0.119 e. The zero-order chi connectivity index (χ0) is 11.8. The van der Waals surface area contributed by atoms with Crippen molar-refractivity contribution in [1.82, 2.24) is 5.32 Å². The summed E-state index contributed by atoms with van der Waals surface area (Å²) >= 11 is 3.34. The van der Waals surface area contributed by atoms with Crippen molar-refractivity contribution in [3.05, 3.63) is 28.7 Å². The minimum Gasteiger partial charge on any atom is -0.492 e. The van der Waals surface area contributed by atoms with Crippen molar-refractivity contribution in [2.24, 2.45) is 0 Å². The lowest BCUT2D eigenvalue weighted by atomic mass is 10.3. The van der Waals surface area contributed by atoms with Gasteiger partial charge in [0.25, 0.3) is 0 Å². The average Bonchev–Trinajstić information content (AvgIpc) is 2.32. The average molecular weight is 290 g/mol. The van der Waals surface area contributed by atoms with Gasteiger partial charge in [0.15, 0.2) is 0 Å². The molecule has 0 fully saturated rings. The SMILES string of the molecule is OCC(CO)NCCOc1ccc(Br)cc1. The zero-order valence-corrected chi connectivity index (χ0v) is 10.5. The number of nitrogens with one attached hydrogen (secondary N) is 1. The summed E-state index contributed by atoms with van der Waals surface area (Å²) in [4.78, 5) is 0. The largest absolute Gasteiger partial charge is 0.492 e. The predicted molar refractivity (Wildman–Crippen MR) is 65.6 cm³/mol. The van der Waals surface area contributed by atoms with Gasteiger partial charge in [0.05, 0.1) is 19.3 Å². The van der Waals surface area contributed by atoms with Crippen molar-refractivity contribution >= 4 is 15.9 Å². The second kappa shape index (κ2) is 7.62. The van der Waals surface area contributed by atoms with Crippen LogP contribution in [0.3, 0.4) is 0 Å². The lowest BCUT2D eigenvalue weighted by Crippen LogP contribution is -2.38. The minimum absolute atomic E-state index is 0.0746. The van der Waals surface area contributed by atoms with Crippen LogP contribution < -0.4 is 10.1 Å². The molecule has 0 atom stereocenters. The summed E-state index contributed by atoms with van der Waals surface area (Å²) in [5.41, 5.74) is 0. The molecule has 3 N–H and O–H groups in total. The van der Waals surface area contributed by atoms with E-state index in [1.54, 1.807) is 0 Å². The summed E-state index contributed by atoms with van der Waals surface area (Å²) in [5.74, 6) is 0.801. The van der Waals surface area contributed by atoms with Gasteiger partial charge in [0.1, 0.15) is 12.4 Å². The van der Waals surface area contributed by atoms with Crippen LogP contribution >= 0.6 is 15.9 Å². The molecule has 0 unspecified atom stereocenters. The van der Waals surface area contributed by atoms with Gasteiger partial charge in [-0.1, -0.05) is 15.9 Å². The summed E-state index contributed by atoms with van der Waals surface area (Å²) in [6.45, 7) is 0.934. The summed E-state index contributed by atoms with van der Waals surface area (Å²) in [6.07, 6.45) is 0. The Bertz CT molecular complexity index is 288. The molecule has 0 aliphatic rings. The first-order valence-electron chi connectivity index (χ1n) is 5.09. The normalized spacial score (nSPS) is 10.8. The van der Waals surface area contributed by atoms with Crippen molar-refractivity contribution in [3.8, 4) is 5.75 Å². The Morgan fingerprint density at radius 1 is 1.19 bits per heavy atom. The van der Waals surface area contributed by atoms with E-state index in [9.17, 15) is 0 Å². The van der Waals surface area contributed by atoms with E-state index >= 15 is 0 Å². The number of ether oxygens (including phenoxy) is 1. The van der Waals surface area contributed by atoms with Gasteiger partial charge in [-0.2, -0.15) is 0 Å². The molecule has 0 aliphatic carbocycles. The van der Waals surface area contributed by atoms with Gasteiger partial charge in [0.2, 0.25) is 0 Å². The molecule has 0 saturated heterocycles.